The van der Waals surface area contributed by atoms with Crippen molar-refractivity contribution in [3.05, 3.63) is 35.4 Å². The Morgan fingerprint density at radius 3 is 2.62 bits per heavy atom. The minimum absolute atomic E-state index is 0. The summed E-state index contributed by atoms with van der Waals surface area (Å²) in [5, 5.41) is 3.51. The summed E-state index contributed by atoms with van der Waals surface area (Å²) in [7, 11) is 1.71. The molecule has 2 unspecified atom stereocenters. The highest BCUT2D eigenvalue weighted by molar-refractivity contribution is 14.0. The number of hydrogen-bond donors (Lipinski definition) is 1. The summed E-state index contributed by atoms with van der Waals surface area (Å²) in [5.74, 6) is 1.57. The highest BCUT2D eigenvalue weighted by atomic mass is 127. The van der Waals surface area contributed by atoms with Crippen LogP contribution >= 0.6 is 24.0 Å². The van der Waals surface area contributed by atoms with Crippen LogP contribution in [0.5, 0.6) is 0 Å². The van der Waals surface area contributed by atoms with E-state index in [1.54, 1.807) is 7.11 Å². The number of ether oxygens (including phenoxy) is 3. The number of morpholine rings is 1. The third kappa shape index (κ3) is 8.44. The van der Waals surface area contributed by atoms with E-state index in [0.717, 1.165) is 71.5 Å². The molecule has 2 fully saturated rings. The maximum Gasteiger partial charge on any atom is 0.193 e. The number of aliphatic imine (C=N–C) groups is 1. The first kappa shape index (κ1) is 27.3. The van der Waals surface area contributed by atoms with Crippen LogP contribution in [-0.2, 0) is 14.2 Å². The van der Waals surface area contributed by atoms with Crippen LogP contribution in [0, 0.1) is 12.8 Å². The van der Waals surface area contributed by atoms with Gasteiger partial charge < -0.3 is 24.4 Å². The molecule has 3 rings (SSSR count). The monoisotopic (exact) mass is 560 g/mol. The zero-order chi connectivity index (χ0) is 21.9. The second-order valence-corrected chi connectivity index (χ2v) is 8.44. The van der Waals surface area contributed by atoms with E-state index in [0.29, 0.717) is 19.1 Å². The lowest BCUT2D eigenvalue weighted by Crippen LogP contribution is -2.43. The topological polar surface area (TPSA) is 58.6 Å². The normalized spacial score (nSPS) is 20.8. The summed E-state index contributed by atoms with van der Waals surface area (Å²) in [6, 6.07) is 9.18. The van der Waals surface area contributed by atoms with Crippen molar-refractivity contribution in [2.45, 2.75) is 26.3 Å². The SMILES string of the molecule is CCNC(=NCC(c1ccc(C)cc1)N1CCOCC1)N1CCC(COCCOC)C1.I. The van der Waals surface area contributed by atoms with E-state index < -0.39 is 0 Å². The number of guanidine groups is 1. The molecule has 2 aliphatic rings. The fraction of sp³-hybridized carbons (Fsp3) is 0.708. The number of hydrogen-bond acceptors (Lipinski definition) is 5. The van der Waals surface area contributed by atoms with Crippen LogP contribution in [0.15, 0.2) is 29.3 Å². The van der Waals surface area contributed by atoms with Crippen LogP contribution in [0.3, 0.4) is 0 Å². The third-order valence-electron chi connectivity index (χ3n) is 6.07. The van der Waals surface area contributed by atoms with Crippen LogP contribution in [0.2, 0.25) is 0 Å². The van der Waals surface area contributed by atoms with E-state index in [-0.39, 0.29) is 30.0 Å². The Labute approximate surface area is 210 Å². The van der Waals surface area contributed by atoms with Gasteiger partial charge >= 0.3 is 0 Å². The van der Waals surface area contributed by atoms with Crippen LogP contribution < -0.4 is 5.32 Å². The molecule has 2 saturated heterocycles. The van der Waals surface area contributed by atoms with Gasteiger partial charge in [-0.3, -0.25) is 9.89 Å². The van der Waals surface area contributed by atoms with Gasteiger partial charge in [0.05, 0.1) is 45.6 Å². The smallest absolute Gasteiger partial charge is 0.193 e. The van der Waals surface area contributed by atoms with Crippen molar-refractivity contribution in [2.75, 3.05) is 79.4 Å². The maximum absolute atomic E-state index is 5.76. The van der Waals surface area contributed by atoms with E-state index in [1.165, 1.54) is 11.1 Å². The Hall–Kier alpha value is -0.940. The molecular formula is C24H41IN4O3. The van der Waals surface area contributed by atoms with Crippen molar-refractivity contribution < 1.29 is 14.2 Å². The number of likely N-dealkylation sites (tertiary alicyclic amines) is 1. The van der Waals surface area contributed by atoms with Crippen LogP contribution in [0.25, 0.3) is 0 Å². The fourth-order valence-electron chi connectivity index (χ4n) is 4.26. The summed E-state index contributed by atoms with van der Waals surface area (Å²) in [5.41, 5.74) is 2.62. The molecule has 0 saturated carbocycles. The predicted molar refractivity (Wildman–Crippen MR) is 140 cm³/mol. The largest absolute Gasteiger partial charge is 0.382 e. The van der Waals surface area contributed by atoms with Gasteiger partial charge in [-0.25, -0.2) is 0 Å². The Morgan fingerprint density at radius 1 is 1.19 bits per heavy atom. The Morgan fingerprint density at radius 2 is 1.94 bits per heavy atom. The molecule has 0 spiro atoms. The molecule has 0 bridgehead atoms. The van der Waals surface area contributed by atoms with Crippen molar-refractivity contribution in [3.63, 3.8) is 0 Å². The molecule has 1 N–H and O–H groups in total. The minimum Gasteiger partial charge on any atom is -0.382 e. The van der Waals surface area contributed by atoms with E-state index in [2.05, 4.69) is 53.2 Å². The first-order chi connectivity index (χ1) is 15.2. The van der Waals surface area contributed by atoms with E-state index in [1.807, 2.05) is 0 Å². The van der Waals surface area contributed by atoms with Gasteiger partial charge in [-0.15, -0.1) is 24.0 Å². The van der Waals surface area contributed by atoms with Crippen LogP contribution in [0.1, 0.15) is 30.5 Å². The van der Waals surface area contributed by atoms with E-state index in [4.69, 9.17) is 19.2 Å². The summed E-state index contributed by atoms with van der Waals surface area (Å²) < 4.78 is 16.4. The standard InChI is InChI=1S/C24H40N4O3.HI/c1-4-25-24(28-10-9-21(18-28)19-31-16-15-29-3)26-17-23(27-11-13-30-14-12-27)22-7-5-20(2)6-8-22;/h5-8,21,23H,4,9-19H2,1-3H3,(H,25,26);1H. The lowest BCUT2D eigenvalue weighted by atomic mass is 10.0. The number of methoxy groups -OCH3 is 1. The second kappa shape index (κ2) is 15.1. The molecule has 7 nitrogen and oxygen atoms in total. The number of halogens is 1. The fourth-order valence-corrected chi connectivity index (χ4v) is 4.26. The lowest BCUT2D eigenvalue weighted by molar-refractivity contribution is 0.0179. The molecule has 0 radical (unpaired) electrons. The van der Waals surface area contributed by atoms with Crippen LogP contribution in [-0.4, -0.2) is 95.2 Å². The van der Waals surface area contributed by atoms with E-state index in [9.17, 15) is 0 Å². The highest BCUT2D eigenvalue weighted by Gasteiger charge is 2.26. The minimum atomic E-state index is 0. The quantitative estimate of drug-likeness (QED) is 0.206. The molecule has 8 heteroatoms. The Kier molecular flexibility index (Phi) is 12.8. The number of nitrogens with one attached hydrogen (secondary N) is 1. The second-order valence-electron chi connectivity index (χ2n) is 8.44. The number of rotatable bonds is 10. The molecule has 0 aliphatic carbocycles. The Bertz CT molecular complexity index is 668. The zero-order valence-corrected chi connectivity index (χ0v) is 22.3. The van der Waals surface area contributed by atoms with Gasteiger partial charge in [0.15, 0.2) is 5.96 Å². The number of benzene rings is 1. The summed E-state index contributed by atoms with van der Waals surface area (Å²) in [6.45, 7) is 13.5. The van der Waals surface area contributed by atoms with Gasteiger partial charge in [-0.05, 0) is 25.8 Å². The van der Waals surface area contributed by atoms with Gasteiger partial charge in [0.2, 0.25) is 0 Å². The average molecular weight is 561 g/mol. The highest BCUT2D eigenvalue weighted by Crippen LogP contribution is 2.24. The first-order valence-electron chi connectivity index (χ1n) is 11.7. The molecule has 0 aromatic heterocycles. The molecule has 2 atom stereocenters. The molecular weight excluding hydrogens is 519 g/mol. The molecule has 0 amide bonds. The van der Waals surface area contributed by atoms with Crippen LogP contribution in [0.4, 0.5) is 0 Å². The molecule has 2 aliphatic heterocycles. The summed E-state index contributed by atoms with van der Waals surface area (Å²) in [6.07, 6.45) is 1.14. The first-order valence-corrected chi connectivity index (χ1v) is 11.7. The van der Waals surface area contributed by atoms with Crippen molar-refractivity contribution in [3.8, 4) is 0 Å². The molecule has 182 valence electrons. The third-order valence-corrected chi connectivity index (χ3v) is 6.07. The zero-order valence-electron chi connectivity index (χ0n) is 19.9. The lowest BCUT2D eigenvalue weighted by Gasteiger charge is -2.34. The van der Waals surface area contributed by atoms with Gasteiger partial charge in [-0.1, -0.05) is 29.8 Å². The summed E-state index contributed by atoms with van der Waals surface area (Å²) in [4.78, 5) is 10.0. The predicted octanol–water partition coefficient (Wildman–Crippen LogP) is 2.94. The number of aryl methyl sites for hydroxylation is 1. The van der Waals surface area contributed by atoms with Crippen molar-refractivity contribution >= 4 is 29.9 Å². The van der Waals surface area contributed by atoms with Crippen molar-refractivity contribution in [2.24, 2.45) is 10.9 Å². The Balaban J connectivity index is 0.00000363. The van der Waals surface area contributed by atoms with E-state index >= 15 is 0 Å². The maximum atomic E-state index is 5.76. The molecule has 2 heterocycles. The molecule has 1 aromatic rings. The molecule has 32 heavy (non-hydrogen) atoms. The van der Waals surface area contributed by atoms with Crippen molar-refractivity contribution in [1.82, 2.24) is 15.1 Å². The van der Waals surface area contributed by atoms with Gasteiger partial charge in [0.1, 0.15) is 0 Å². The van der Waals surface area contributed by atoms with Gasteiger partial charge in [0, 0.05) is 45.8 Å². The summed E-state index contributed by atoms with van der Waals surface area (Å²) >= 11 is 0. The molecule has 1 aromatic carbocycles. The van der Waals surface area contributed by atoms with Crippen molar-refractivity contribution in [1.29, 1.82) is 0 Å². The average Bonchev–Trinajstić information content (AvgIpc) is 3.27. The van der Waals surface area contributed by atoms with Gasteiger partial charge in [-0.2, -0.15) is 0 Å². The van der Waals surface area contributed by atoms with Gasteiger partial charge in [0.25, 0.3) is 0 Å². The number of nitrogens with zero attached hydrogens (tertiary/aromatic N) is 3.